The zero-order chi connectivity index (χ0) is 15.7. The maximum atomic E-state index is 10.8. The third-order valence-corrected chi connectivity index (χ3v) is 4.28. The lowest BCUT2D eigenvalue weighted by atomic mass is 10.0. The number of nitrogens with zero attached hydrogens (tertiary/aromatic N) is 3. The number of pyridine rings is 1. The van der Waals surface area contributed by atoms with Crippen LogP contribution in [0.4, 0.5) is 11.5 Å². The van der Waals surface area contributed by atoms with Gasteiger partial charge in [-0.2, -0.15) is 0 Å². The second-order valence-corrected chi connectivity index (χ2v) is 5.88. The Morgan fingerprint density at radius 1 is 1.41 bits per heavy atom. The number of ether oxygens (including phenoxy) is 1. The summed E-state index contributed by atoms with van der Waals surface area (Å²) in [5.74, 6) is 0.893. The highest BCUT2D eigenvalue weighted by Crippen LogP contribution is 2.27. The second-order valence-electron chi connectivity index (χ2n) is 5.88. The summed E-state index contributed by atoms with van der Waals surface area (Å²) in [6.45, 7) is 6.53. The maximum absolute atomic E-state index is 10.8. The Morgan fingerprint density at radius 2 is 2.23 bits per heavy atom. The average Bonchev–Trinajstić information content (AvgIpc) is 2.54. The van der Waals surface area contributed by atoms with Crippen molar-refractivity contribution in [1.29, 1.82) is 0 Å². The fourth-order valence-corrected chi connectivity index (χ4v) is 2.73. The molecule has 0 saturated carbocycles. The van der Waals surface area contributed by atoms with E-state index in [1.165, 1.54) is 6.07 Å². The first-order valence-electron chi connectivity index (χ1n) is 7.45. The van der Waals surface area contributed by atoms with Crippen molar-refractivity contribution in [3.8, 4) is 0 Å². The number of non-ortho nitro benzene ring substituents is 1. The minimum Gasteiger partial charge on any atom is -0.372 e. The number of benzene rings is 1. The normalized spacial score (nSPS) is 22.0. The Hall–Kier alpha value is -2.21. The third kappa shape index (κ3) is 2.74. The number of fused-ring (bicyclic) bond motifs is 1. The second kappa shape index (κ2) is 5.53. The molecule has 0 amide bonds. The van der Waals surface area contributed by atoms with Crippen LogP contribution in [0.2, 0.25) is 0 Å². The molecule has 1 fully saturated rings. The number of aromatic nitrogens is 1. The van der Waals surface area contributed by atoms with Crippen molar-refractivity contribution in [1.82, 2.24) is 4.98 Å². The van der Waals surface area contributed by atoms with Crippen LogP contribution in [0.25, 0.3) is 10.9 Å². The predicted octanol–water partition coefficient (Wildman–Crippen LogP) is 3.15. The van der Waals surface area contributed by atoms with Crippen molar-refractivity contribution in [3.05, 3.63) is 40.4 Å². The summed E-state index contributed by atoms with van der Waals surface area (Å²) in [5, 5.41) is 11.6. The van der Waals surface area contributed by atoms with E-state index >= 15 is 0 Å². The Morgan fingerprint density at radius 3 is 2.95 bits per heavy atom. The minimum absolute atomic E-state index is 0.0898. The van der Waals surface area contributed by atoms with Gasteiger partial charge in [-0.15, -0.1) is 0 Å². The highest BCUT2D eigenvalue weighted by atomic mass is 16.6. The molecular weight excluding hydrogens is 282 g/mol. The van der Waals surface area contributed by atoms with Gasteiger partial charge in [-0.25, -0.2) is 4.98 Å². The molecule has 0 spiro atoms. The topological polar surface area (TPSA) is 68.5 Å². The lowest BCUT2D eigenvalue weighted by Crippen LogP contribution is -2.50. The molecule has 1 aliphatic heterocycles. The van der Waals surface area contributed by atoms with Crippen LogP contribution >= 0.6 is 0 Å². The van der Waals surface area contributed by atoms with E-state index in [1.807, 2.05) is 12.1 Å². The van der Waals surface area contributed by atoms with Crippen molar-refractivity contribution in [2.45, 2.75) is 25.9 Å². The van der Waals surface area contributed by atoms with Crippen molar-refractivity contribution in [2.75, 3.05) is 24.6 Å². The van der Waals surface area contributed by atoms with Gasteiger partial charge in [0.25, 0.3) is 5.69 Å². The summed E-state index contributed by atoms with van der Waals surface area (Å²) in [7, 11) is 0. The molecule has 3 rings (SSSR count). The van der Waals surface area contributed by atoms with E-state index in [-0.39, 0.29) is 16.2 Å². The molecule has 0 radical (unpaired) electrons. The Balaban J connectivity index is 1.92. The molecule has 6 heteroatoms. The van der Waals surface area contributed by atoms with Gasteiger partial charge in [0.2, 0.25) is 0 Å². The molecule has 2 aromatic rings. The smallest absolute Gasteiger partial charge is 0.270 e. The molecule has 1 saturated heterocycles. The van der Waals surface area contributed by atoms with Crippen LogP contribution in [-0.4, -0.2) is 35.2 Å². The molecule has 2 heterocycles. The highest BCUT2D eigenvalue weighted by Gasteiger charge is 2.30. The third-order valence-electron chi connectivity index (χ3n) is 4.28. The fourth-order valence-electron chi connectivity index (χ4n) is 2.73. The number of hydrogen-bond acceptors (Lipinski definition) is 5. The number of nitro benzene ring substituents is 1. The molecular formula is C16H19N3O3. The van der Waals surface area contributed by atoms with Gasteiger partial charge in [0.15, 0.2) is 0 Å². The monoisotopic (exact) mass is 301 g/mol. The van der Waals surface area contributed by atoms with Crippen LogP contribution in [-0.2, 0) is 4.74 Å². The zero-order valence-corrected chi connectivity index (χ0v) is 12.8. The summed E-state index contributed by atoms with van der Waals surface area (Å²) < 4.78 is 5.85. The van der Waals surface area contributed by atoms with E-state index in [1.54, 1.807) is 12.1 Å². The van der Waals surface area contributed by atoms with E-state index in [0.29, 0.717) is 6.61 Å². The first-order chi connectivity index (χ1) is 10.5. The van der Waals surface area contributed by atoms with Crippen molar-refractivity contribution >= 4 is 22.4 Å². The number of hydrogen-bond donors (Lipinski definition) is 0. The van der Waals surface area contributed by atoms with Crippen LogP contribution in [0.1, 0.15) is 20.3 Å². The van der Waals surface area contributed by atoms with Gasteiger partial charge >= 0.3 is 0 Å². The van der Waals surface area contributed by atoms with Gasteiger partial charge in [0, 0.05) is 30.6 Å². The first-order valence-corrected chi connectivity index (χ1v) is 7.45. The zero-order valence-electron chi connectivity index (χ0n) is 12.8. The SMILES string of the molecule is CCC1(C)CN(c2ccc3cc([N+](=O)[O-])ccc3n2)CCO1. The number of nitro groups is 1. The summed E-state index contributed by atoms with van der Waals surface area (Å²) in [6.07, 6.45) is 0.948. The standard InChI is InChI=1S/C16H19N3O3/c1-3-16(2)11-18(8-9-22-16)15-7-4-12-10-13(19(20)21)5-6-14(12)17-15/h4-7,10H,3,8-9,11H2,1-2H3. The molecule has 1 atom stereocenters. The van der Waals surface area contributed by atoms with E-state index in [9.17, 15) is 10.1 Å². The van der Waals surface area contributed by atoms with Crippen LogP contribution in [0.3, 0.4) is 0 Å². The van der Waals surface area contributed by atoms with Gasteiger partial charge in [-0.1, -0.05) is 6.92 Å². The Kier molecular flexibility index (Phi) is 3.70. The summed E-state index contributed by atoms with van der Waals surface area (Å²) >= 11 is 0. The van der Waals surface area contributed by atoms with E-state index in [2.05, 4.69) is 23.7 Å². The quantitative estimate of drug-likeness (QED) is 0.643. The van der Waals surface area contributed by atoms with Gasteiger partial charge in [0.1, 0.15) is 5.82 Å². The Labute approximate surface area is 128 Å². The number of rotatable bonds is 3. The van der Waals surface area contributed by atoms with Crippen LogP contribution in [0.5, 0.6) is 0 Å². The molecule has 6 nitrogen and oxygen atoms in total. The molecule has 22 heavy (non-hydrogen) atoms. The van der Waals surface area contributed by atoms with Gasteiger partial charge in [0.05, 0.1) is 22.6 Å². The molecule has 1 aromatic heterocycles. The van der Waals surface area contributed by atoms with Gasteiger partial charge in [-0.3, -0.25) is 10.1 Å². The first kappa shape index (κ1) is 14.7. The molecule has 116 valence electrons. The van der Waals surface area contributed by atoms with E-state index in [4.69, 9.17) is 4.74 Å². The number of morpholine rings is 1. The maximum Gasteiger partial charge on any atom is 0.270 e. The molecule has 0 aliphatic carbocycles. The van der Waals surface area contributed by atoms with Gasteiger partial charge < -0.3 is 9.64 Å². The fraction of sp³-hybridized carbons (Fsp3) is 0.438. The predicted molar refractivity (Wildman–Crippen MR) is 85.3 cm³/mol. The van der Waals surface area contributed by atoms with Crippen LogP contribution in [0.15, 0.2) is 30.3 Å². The van der Waals surface area contributed by atoms with Crippen molar-refractivity contribution in [3.63, 3.8) is 0 Å². The average molecular weight is 301 g/mol. The molecule has 0 N–H and O–H groups in total. The highest BCUT2D eigenvalue weighted by molar-refractivity contribution is 5.82. The lowest BCUT2D eigenvalue weighted by molar-refractivity contribution is -0.384. The summed E-state index contributed by atoms with van der Waals surface area (Å²) in [5.41, 5.74) is 0.712. The molecule has 0 bridgehead atoms. The van der Waals surface area contributed by atoms with E-state index < -0.39 is 0 Å². The molecule has 1 aromatic carbocycles. The Bertz CT molecular complexity index is 719. The minimum atomic E-state index is -0.387. The number of anilines is 1. The largest absolute Gasteiger partial charge is 0.372 e. The van der Waals surface area contributed by atoms with E-state index in [0.717, 1.165) is 36.2 Å². The lowest BCUT2D eigenvalue weighted by Gasteiger charge is -2.40. The van der Waals surface area contributed by atoms with Crippen molar-refractivity contribution in [2.24, 2.45) is 0 Å². The van der Waals surface area contributed by atoms with Gasteiger partial charge in [-0.05, 0) is 31.5 Å². The molecule has 1 unspecified atom stereocenters. The van der Waals surface area contributed by atoms with Crippen LogP contribution < -0.4 is 4.90 Å². The summed E-state index contributed by atoms with van der Waals surface area (Å²) in [6, 6.07) is 8.57. The molecule has 1 aliphatic rings. The van der Waals surface area contributed by atoms with Crippen LogP contribution in [0, 0.1) is 10.1 Å². The van der Waals surface area contributed by atoms with Crippen molar-refractivity contribution < 1.29 is 9.66 Å². The summed E-state index contributed by atoms with van der Waals surface area (Å²) in [4.78, 5) is 17.3.